The van der Waals surface area contributed by atoms with Gasteiger partial charge in [-0.05, 0) is 37.6 Å². The van der Waals surface area contributed by atoms with Crippen LogP contribution in [0.15, 0.2) is 51.2 Å². The first kappa shape index (κ1) is 19.2. The Bertz CT molecular complexity index is 799. The van der Waals surface area contributed by atoms with Crippen LogP contribution < -0.4 is 16.7 Å². The minimum absolute atomic E-state index is 0.163. The van der Waals surface area contributed by atoms with E-state index in [-0.39, 0.29) is 6.61 Å². The molecule has 0 radical (unpaired) electrons. The van der Waals surface area contributed by atoms with Crippen LogP contribution in [0.2, 0.25) is 0 Å². The number of anilines is 1. The number of urea groups is 1. The van der Waals surface area contributed by atoms with Crippen LogP contribution in [0.3, 0.4) is 0 Å². The van der Waals surface area contributed by atoms with Crippen LogP contribution in [0.4, 0.5) is 10.5 Å². The maximum Gasteiger partial charge on any atom is 0.352 e. The predicted molar refractivity (Wildman–Crippen MR) is 99.4 cm³/mol. The third kappa shape index (κ3) is 4.68. The van der Waals surface area contributed by atoms with Crippen molar-refractivity contribution in [2.45, 2.75) is 20.5 Å². The fraction of sp³-hybridized carbons (Fsp3) is 0.235. The van der Waals surface area contributed by atoms with Gasteiger partial charge in [-0.15, -0.1) is 10.2 Å². The van der Waals surface area contributed by atoms with Crippen molar-refractivity contribution < 1.29 is 13.9 Å². The normalized spacial score (nSPS) is 11.7. The number of furan rings is 1. The SMILES string of the molecule is CC(=N/N=C\OCc1c(C)cccc1N(N)C(=O)N(C)N)c1ccco1. The van der Waals surface area contributed by atoms with Gasteiger partial charge < -0.3 is 9.15 Å². The van der Waals surface area contributed by atoms with Crippen molar-refractivity contribution in [3.8, 4) is 0 Å². The number of hydrogen-bond acceptors (Lipinski definition) is 7. The molecular formula is C17H22N6O3. The highest BCUT2D eigenvalue weighted by atomic mass is 16.5. The molecule has 2 rings (SSSR count). The molecule has 26 heavy (non-hydrogen) atoms. The molecule has 0 aliphatic carbocycles. The molecule has 9 nitrogen and oxygen atoms in total. The molecular weight excluding hydrogens is 336 g/mol. The average molecular weight is 358 g/mol. The van der Waals surface area contributed by atoms with Crippen molar-refractivity contribution >= 4 is 23.8 Å². The predicted octanol–water partition coefficient (Wildman–Crippen LogP) is 2.16. The standard InChI is InChI=1S/C17H22N6O3/c1-12-6-4-7-15(23(19)17(24)22(3)18)14(12)10-25-11-20-21-13(2)16-8-5-9-26-16/h4-9,11H,10,18-19H2,1-3H3/b20-11-,21-13?. The van der Waals surface area contributed by atoms with Gasteiger partial charge in [0.05, 0.1) is 12.0 Å². The summed E-state index contributed by atoms with van der Waals surface area (Å²) in [6.45, 7) is 3.83. The van der Waals surface area contributed by atoms with E-state index in [4.69, 9.17) is 20.8 Å². The summed E-state index contributed by atoms with van der Waals surface area (Å²) in [7, 11) is 1.42. The Labute approximate surface area is 151 Å². The quantitative estimate of drug-likeness (QED) is 0.269. The summed E-state index contributed by atoms with van der Waals surface area (Å²) < 4.78 is 10.6. The molecule has 4 N–H and O–H groups in total. The fourth-order valence-corrected chi connectivity index (χ4v) is 2.17. The molecule has 0 unspecified atom stereocenters. The Morgan fingerprint density at radius 3 is 2.73 bits per heavy atom. The molecule has 2 aromatic rings. The van der Waals surface area contributed by atoms with Crippen molar-refractivity contribution in [1.82, 2.24) is 5.01 Å². The number of ether oxygens (including phenoxy) is 1. The van der Waals surface area contributed by atoms with E-state index in [1.165, 1.54) is 13.4 Å². The van der Waals surface area contributed by atoms with Crippen molar-refractivity contribution in [3.63, 3.8) is 0 Å². The van der Waals surface area contributed by atoms with Gasteiger partial charge in [0.1, 0.15) is 18.1 Å². The number of rotatable bonds is 6. The number of aryl methyl sites for hydroxylation is 1. The molecule has 0 bridgehead atoms. The summed E-state index contributed by atoms with van der Waals surface area (Å²) >= 11 is 0. The monoisotopic (exact) mass is 358 g/mol. The molecule has 1 aromatic heterocycles. The highest BCUT2D eigenvalue weighted by Crippen LogP contribution is 2.23. The minimum atomic E-state index is -0.552. The largest absolute Gasteiger partial charge is 0.477 e. The molecule has 0 atom stereocenters. The number of hydrogen-bond donors (Lipinski definition) is 2. The maximum absolute atomic E-state index is 12.0. The molecule has 0 saturated heterocycles. The summed E-state index contributed by atoms with van der Waals surface area (Å²) in [6.07, 6.45) is 2.79. The zero-order chi connectivity index (χ0) is 19.1. The Morgan fingerprint density at radius 1 is 1.31 bits per heavy atom. The van der Waals surface area contributed by atoms with Crippen LogP contribution in [-0.4, -0.2) is 30.2 Å². The third-order valence-electron chi connectivity index (χ3n) is 3.59. The van der Waals surface area contributed by atoms with E-state index in [1.807, 2.05) is 13.0 Å². The summed E-state index contributed by atoms with van der Waals surface area (Å²) in [4.78, 5) is 12.0. The molecule has 0 aliphatic rings. The van der Waals surface area contributed by atoms with Gasteiger partial charge in [-0.1, -0.05) is 12.1 Å². The van der Waals surface area contributed by atoms with E-state index in [9.17, 15) is 4.79 Å². The van der Waals surface area contributed by atoms with Gasteiger partial charge in [-0.2, -0.15) is 0 Å². The molecule has 2 amide bonds. The lowest BCUT2D eigenvalue weighted by Crippen LogP contribution is -2.49. The number of nitrogens with two attached hydrogens (primary N) is 2. The molecule has 138 valence electrons. The smallest absolute Gasteiger partial charge is 0.352 e. The Morgan fingerprint density at radius 2 is 2.08 bits per heavy atom. The second-order valence-corrected chi connectivity index (χ2v) is 5.53. The molecule has 0 fully saturated rings. The van der Waals surface area contributed by atoms with Crippen LogP contribution in [0.5, 0.6) is 0 Å². The number of benzene rings is 1. The van der Waals surface area contributed by atoms with Gasteiger partial charge in [0.25, 0.3) is 0 Å². The van der Waals surface area contributed by atoms with Gasteiger partial charge in [-0.3, -0.25) is 5.01 Å². The summed E-state index contributed by atoms with van der Waals surface area (Å²) in [5, 5.41) is 9.71. The van der Waals surface area contributed by atoms with Crippen molar-refractivity contribution in [2.24, 2.45) is 21.9 Å². The number of nitrogens with zero attached hydrogens (tertiary/aromatic N) is 4. The highest BCUT2D eigenvalue weighted by molar-refractivity contribution is 5.96. The first-order chi connectivity index (χ1) is 12.4. The van der Waals surface area contributed by atoms with Gasteiger partial charge in [0, 0.05) is 12.6 Å². The second kappa shape index (κ2) is 8.79. The highest BCUT2D eigenvalue weighted by Gasteiger charge is 2.18. The van der Waals surface area contributed by atoms with Gasteiger partial charge >= 0.3 is 6.03 Å². The van der Waals surface area contributed by atoms with E-state index in [0.717, 1.165) is 21.1 Å². The van der Waals surface area contributed by atoms with E-state index < -0.39 is 6.03 Å². The first-order valence-electron chi connectivity index (χ1n) is 7.79. The lowest BCUT2D eigenvalue weighted by atomic mass is 10.1. The number of amides is 2. The number of hydrazine groups is 2. The van der Waals surface area contributed by atoms with Crippen molar-refractivity contribution in [2.75, 3.05) is 12.1 Å². The molecule has 0 saturated carbocycles. The second-order valence-electron chi connectivity index (χ2n) is 5.53. The molecule has 1 aromatic carbocycles. The van der Waals surface area contributed by atoms with E-state index >= 15 is 0 Å². The Hall–Kier alpha value is -3.17. The lowest BCUT2D eigenvalue weighted by Gasteiger charge is -2.23. The topological polar surface area (TPSA) is 123 Å². The van der Waals surface area contributed by atoms with Crippen LogP contribution in [0.1, 0.15) is 23.8 Å². The Balaban J connectivity index is 2.06. The van der Waals surface area contributed by atoms with Crippen LogP contribution in [0, 0.1) is 6.92 Å². The lowest BCUT2D eigenvalue weighted by molar-refractivity contribution is 0.216. The number of carbonyl (C=O) groups excluding carboxylic acids is 1. The molecule has 9 heteroatoms. The summed E-state index contributed by atoms with van der Waals surface area (Å²) in [5.41, 5.74) is 2.77. The first-order valence-corrected chi connectivity index (χ1v) is 7.79. The molecule has 0 aliphatic heterocycles. The van der Waals surface area contributed by atoms with E-state index in [1.54, 1.807) is 37.5 Å². The summed E-state index contributed by atoms with van der Waals surface area (Å²) in [6, 6.07) is 8.41. The molecule has 0 spiro atoms. The third-order valence-corrected chi connectivity index (χ3v) is 3.59. The fourth-order valence-electron chi connectivity index (χ4n) is 2.17. The van der Waals surface area contributed by atoms with Crippen molar-refractivity contribution in [3.05, 3.63) is 53.5 Å². The average Bonchev–Trinajstić information content (AvgIpc) is 3.15. The van der Waals surface area contributed by atoms with Crippen LogP contribution >= 0.6 is 0 Å². The van der Waals surface area contributed by atoms with E-state index in [2.05, 4.69) is 10.2 Å². The number of carbonyl (C=O) groups is 1. The maximum atomic E-state index is 12.0. The van der Waals surface area contributed by atoms with Crippen LogP contribution in [-0.2, 0) is 11.3 Å². The minimum Gasteiger partial charge on any atom is -0.477 e. The van der Waals surface area contributed by atoms with E-state index in [0.29, 0.717) is 17.2 Å². The zero-order valence-electron chi connectivity index (χ0n) is 14.9. The zero-order valence-corrected chi connectivity index (χ0v) is 14.9. The van der Waals surface area contributed by atoms with Gasteiger partial charge in [0.2, 0.25) is 0 Å². The van der Waals surface area contributed by atoms with Crippen molar-refractivity contribution in [1.29, 1.82) is 0 Å². The van der Waals surface area contributed by atoms with Crippen LogP contribution in [0.25, 0.3) is 0 Å². The molecule has 1 heterocycles. The van der Waals surface area contributed by atoms with Gasteiger partial charge in [0.15, 0.2) is 6.40 Å². The summed E-state index contributed by atoms with van der Waals surface area (Å²) in [5.74, 6) is 12.0. The van der Waals surface area contributed by atoms with Gasteiger partial charge in [-0.25, -0.2) is 21.5 Å². The Kier molecular flexibility index (Phi) is 6.48.